The molecule has 0 aromatic heterocycles. The van der Waals surface area contributed by atoms with E-state index < -0.39 is 0 Å². The molecule has 1 fully saturated rings. The molecule has 0 spiro atoms. The summed E-state index contributed by atoms with van der Waals surface area (Å²) in [5, 5.41) is 13.1. The maximum atomic E-state index is 9.88. The van der Waals surface area contributed by atoms with Crippen molar-refractivity contribution in [3.63, 3.8) is 0 Å². The van der Waals surface area contributed by atoms with Gasteiger partial charge in [0.1, 0.15) is 0 Å². The molecule has 4 heteroatoms. The van der Waals surface area contributed by atoms with Crippen molar-refractivity contribution in [2.75, 3.05) is 13.7 Å². The van der Waals surface area contributed by atoms with E-state index in [0.717, 1.165) is 22.1 Å². The Balaban J connectivity index is 2.41. The van der Waals surface area contributed by atoms with Crippen LogP contribution in [0.4, 0.5) is 0 Å². The van der Waals surface area contributed by atoms with Crippen LogP contribution in [0, 0.1) is 3.57 Å². The lowest BCUT2D eigenvalue weighted by atomic mass is 9.97. The minimum Gasteiger partial charge on any atom is -0.504 e. The molecule has 76 valence electrons. The number of benzene rings is 1. The van der Waals surface area contributed by atoms with E-state index in [1.54, 1.807) is 7.11 Å². The summed E-state index contributed by atoms with van der Waals surface area (Å²) in [6.07, 6.45) is 1.08. The maximum Gasteiger partial charge on any atom is 0.162 e. The third-order valence-corrected chi connectivity index (χ3v) is 3.11. The smallest absolute Gasteiger partial charge is 0.162 e. The Hall–Kier alpha value is -0.490. The fourth-order valence-electron chi connectivity index (χ4n) is 1.57. The summed E-state index contributed by atoms with van der Waals surface area (Å²) >= 11 is 2.23. The zero-order valence-electron chi connectivity index (χ0n) is 7.88. The molecule has 1 aromatic carbocycles. The second-order valence-corrected chi connectivity index (χ2v) is 4.59. The quantitative estimate of drug-likeness (QED) is 0.822. The number of aromatic hydroxyl groups is 1. The topological polar surface area (TPSA) is 41.5 Å². The number of hydrogen-bond donors (Lipinski definition) is 2. The van der Waals surface area contributed by atoms with Gasteiger partial charge in [0.15, 0.2) is 11.5 Å². The third-order valence-electron chi connectivity index (χ3n) is 2.49. The van der Waals surface area contributed by atoms with Crippen molar-refractivity contribution in [3.8, 4) is 11.5 Å². The normalized spacial score (nSPS) is 20.3. The van der Waals surface area contributed by atoms with Gasteiger partial charge in [0.05, 0.1) is 7.11 Å². The summed E-state index contributed by atoms with van der Waals surface area (Å²) in [6.45, 7) is 1.03. The molecule has 2 rings (SSSR count). The van der Waals surface area contributed by atoms with Crippen LogP contribution in [-0.4, -0.2) is 18.8 Å². The molecule has 0 saturated carbocycles. The van der Waals surface area contributed by atoms with Crippen molar-refractivity contribution in [2.45, 2.75) is 12.5 Å². The van der Waals surface area contributed by atoms with E-state index in [1.165, 1.54) is 0 Å². The van der Waals surface area contributed by atoms with Gasteiger partial charge in [-0.1, -0.05) is 0 Å². The Morgan fingerprint density at radius 2 is 2.29 bits per heavy atom. The molecule has 14 heavy (non-hydrogen) atoms. The van der Waals surface area contributed by atoms with Crippen LogP contribution in [0.25, 0.3) is 0 Å². The Kier molecular flexibility index (Phi) is 2.83. The molecular formula is C10H12INO2. The number of methoxy groups -OCH3 is 1. The average molecular weight is 305 g/mol. The van der Waals surface area contributed by atoms with Crippen LogP contribution in [0.3, 0.4) is 0 Å². The molecule has 0 bridgehead atoms. The van der Waals surface area contributed by atoms with Gasteiger partial charge in [-0.3, -0.25) is 0 Å². The molecule has 2 N–H and O–H groups in total. The highest BCUT2D eigenvalue weighted by Gasteiger charge is 2.23. The van der Waals surface area contributed by atoms with Gasteiger partial charge in [-0.15, -0.1) is 0 Å². The van der Waals surface area contributed by atoms with Crippen LogP contribution in [0.5, 0.6) is 11.5 Å². The number of phenols is 1. The second kappa shape index (κ2) is 3.94. The van der Waals surface area contributed by atoms with Gasteiger partial charge in [-0.2, -0.15) is 0 Å². The maximum absolute atomic E-state index is 9.88. The molecule has 1 aliphatic rings. The van der Waals surface area contributed by atoms with Crippen molar-refractivity contribution < 1.29 is 9.84 Å². The Morgan fingerprint density at radius 3 is 2.79 bits per heavy atom. The van der Waals surface area contributed by atoms with Crippen molar-refractivity contribution in [2.24, 2.45) is 0 Å². The number of hydrogen-bond acceptors (Lipinski definition) is 3. The van der Waals surface area contributed by atoms with Gasteiger partial charge < -0.3 is 15.2 Å². The van der Waals surface area contributed by atoms with Crippen LogP contribution in [0.15, 0.2) is 12.1 Å². The highest BCUT2D eigenvalue weighted by molar-refractivity contribution is 14.1. The fraction of sp³-hybridized carbons (Fsp3) is 0.400. The monoisotopic (exact) mass is 305 g/mol. The van der Waals surface area contributed by atoms with E-state index in [2.05, 4.69) is 27.9 Å². The Labute approximate surface area is 96.6 Å². The first kappa shape index (κ1) is 10.0. The van der Waals surface area contributed by atoms with Crippen molar-refractivity contribution >= 4 is 22.6 Å². The number of rotatable bonds is 2. The second-order valence-electron chi connectivity index (χ2n) is 3.34. The third kappa shape index (κ3) is 1.68. The van der Waals surface area contributed by atoms with Crippen LogP contribution in [0.1, 0.15) is 18.0 Å². The van der Waals surface area contributed by atoms with Crippen LogP contribution in [-0.2, 0) is 0 Å². The lowest BCUT2D eigenvalue weighted by Crippen LogP contribution is -2.35. The number of halogens is 1. The minimum absolute atomic E-state index is 0.269. The first-order valence-electron chi connectivity index (χ1n) is 4.52. The summed E-state index contributed by atoms with van der Waals surface area (Å²) in [6, 6.07) is 4.12. The molecule has 1 heterocycles. The molecule has 1 aromatic rings. The van der Waals surface area contributed by atoms with Crippen molar-refractivity contribution in [1.82, 2.24) is 5.32 Å². The predicted molar refractivity (Wildman–Crippen MR) is 62.7 cm³/mol. The Bertz CT molecular complexity index is 350. The van der Waals surface area contributed by atoms with Gasteiger partial charge in [0, 0.05) is 15.2 Å². The lowest BCUT2D eigenvalue weighted by molar-refractivity contribution is 0.341. The molecule has 0 radical (unpaired) electrons. The van der Waals surface area contributed by atoms with Gasteiger partial charge >= 0.3 is 0 Å². The van der Waals surface area contributed by atoms with Gasteiger partial charge in [-0.05, 0) is 47.7 Å². The fourth-order valence-corrected chi connectivity index (χ4v) is 2.19. The van der Waals surface area contributed by atoms with Gasteiger partial charge in [0.25, 0.3) is 0 Å². The summed E-state index contributed by atoms with van der Waals surface area (Å²) in [5.41, 5.74) is 0.944. The number of nitrogens with one attached hydrogen (secondary N) is 1. The molecule has 0 aliphatic carbocycles. The van der Waals surface area contributed by atoms with Crippen LogP contribution in [0.2, 0.25) is 0 Å². The summed E-state index contributed by atoms with van der Waals surface area (Å²) in [7, 11) is 1.57. The predicted octanol–water partition coefficient (Wildman–Crippen LogP) is 2.04. The van der Waals surface area contributed by atoms with Crippen molar-refractivity contribution in [3.05, 3.63) is 21.3 Å². The highest BCUT2D eigenvalue weighted by Crippen LogP contribution is 2.38. The summed E-state index contributed by atoms with van der Waals surface area (Å²) in [4.78, 5) is 0. The standard InChI is InChI=1S/C10H12INO2/c1-14-9-5-6(11)4-7(10(9)13)8-2-3-12-8/h4-5,8,12-13H,2-3H2,1H3. The highest BCUT2D eigenvalue weighted by atomic mass is 127. The molecule has 3 nitrogen and oxygen atoms in total. The zero-order chi connectivity index (χ0) is 10.1. The molecule has 1 unspecified atom stereocenters. The van der Waals surface area contributed by atoms with E-state index in [-0.39, 0.29) is 5.75 Å². The SMILES string of the molecule is COc1cc(I)cc(C2CCN2)c1O. The van der Waals surface area contributed by atoms with Crippen molar-refractivity contribution in [1.29, 1.82) is 0 Å². The summed E-state index contributed by atoms with van der Waals surface area (Å²) < 4.78 is 6.19. The van der Waals surface area contributed by atoms with E-state index >= 15 is 0 Å². The first-order chi connectivity index (χ1) is 6.72. The van der Waals surface area contributed by atoms with Crippen LogP contribution >= 0.6 is 22.6 Å². The minimum atomic E-state index is 0.269. The van der Waals surface area contributed by atoms with E-state index in [1.807, 2.05) is 12.1 Å². The van der Waals surface area contributed by atoms with E-state index in [0.29, 0.717) is 11.8 Å². The molecule has 1 aliphatic heterocycles. The number of ether oxygens (including phenoxy) is 1. The number of phenolic OH excluding ortho intramolecular Hbond substituents is 1. The van der Waals surface area contributed by atoms with Crippen LogP contribution < -0.4 is 10.1 Å². The van der Waals surface area contributed by atoms with E-state index in [4.69, 9.17) is 4.74 Å². The zero-order valence-corrected chi connectivity index (χ0v) is 10.0. The lowest BCUT2D eigenvalue weighted by Gasteiger charge is -2.29. The largest absolute Gasteiger partial charge is 0.504 e. The molecular weight excluding hydrogens is 293 g/mol. The van der Waals surface area contributed by atoms with Gasteiger partial charge in [0.2, 0.25) is 0 Å². The van der Waals surface area contributed by atoms with E-state index in [9.17, 15) is 5.11 Å². The molecule has 0 amide bonds. The molecule has 1 saturated heterocycles. The Morgan fingerprint density at radius 1 is 1.57 bits per heavy atom. The van der Waals surface area contributed by atoms with Gasteiger partial charge in [-0.25, -0.2) is 0 Å². The molecule has 1 atom stereocenters. The summed E-state index contributed by atoms with van der Waals surface area (Å²) in [5.74, 6) is 0.825. The average Bonchev–Trinajstić information content (AvgIpc) is 2.07. The first-order valence-corrected chi connectivity index (χ1v) is 5.60.